The lowest BCUT2D eigenvalue weighted by Gasteiger charge is -2.06. The van der Waals surface area contributed by atoms with E-state index in [-0.39, 0.29) is 5.82 Å². The predicted octanol–water partition coefficient (Wildman–Crippen LogP) is 3.02. The maximum Gasteiger partial charge on any atom is 0.201 e. The van der Waals surface area contributed by atoms with E-state index in [0.29, 0.717) is 27.1 Å². The number of nitrogens with zero attached hydrogens (tertiary/aromatic N) is 3. The van der Waals surface area contributed by atoms with Gasteiger partial charge in [0.05, 0.1) is 26.8 Å². The van der Waals surface area contributed by atoms with Gasteiger partial charge in [-0.3, -0.25) is 0 Å². The lowest BCUT2D eigenvalue weighted by Crippen LogP contribution is -2.06. The lowest BCUT2D eigenvalue weighted by atomic mass is 10.2. The van der Waals surface area contributed by atoms with E-state index in [2.05, 4.69) is 10.1 Å². The van der Waals surface area contributed by atoms with Gasteiger partial charge in [0.25, 0.3) is 0 Å². The quantitative estimate of drug-likeness (QED) is 0.688. The molecule has 2 aromatic heterocycles. The Hall–Kier alpha value is -1.64. The maximum absolute atomic E-state index is 13.8. The summed E-state index contributed by atoms with van der Waals surface area (Å²) in [6.45, 7) is 4.17. The second-order valence-corrected chi connectivity index (χ2v) is 5.78. The fourth-order valence-electron chi connectivity index (χ4n) is 2.19. The summed E-state index contributed by atoms with van der Waals surface area (Å²) in [6, 6.07) is 3.14. The van der Waals surface area contributed by atoms with Crippen LogP contribution >= 0.6 is 22.6 Å². The van der Waals surface area contributed by atoms with Crippen molar-refractivity contribution in [2.45, 2.75) is 20.4 Å². The van der Waals surface area contributed by atoms with E-state index >= 15 is 0 Å². The van der Waals surface area contributed by atoms with Gasteiger partial charge in [-0.05, 0) is 42.5 Å². The molecule has 0 spiro atoms. The van der Waals surface area contributed by atoms with E-state index in [0.717, 1.165) is 17.0 Å². The van der Waals surface area contributed by atoms with Crippen molar-refractivity contribution in [3.05, 3.63) is 38.5 Å². The second-order valence-electron chi connectivity index (χ2n) is 4.61. The summed E-state index contributed by atoms with van der Waals surface area (Å²) in [5, 5.41) is 3.91. The van der Waals surface area contributed by atoms with Crippen molar-refractivity contribution < 1.29 is 8.91 Å². The van der Waals surface area contributed by atoms with E-state index in [1.165, 1.54) is 6.07 Å². The van der Waals surface area contributed by atoms with Crippen LogP contribution in [0.5, 0.6) is 0 Å². The van der Waals surface area contributed by atoms with E-state index in [9.17, 15) is 4.39 Å². The molecule has 5 nitrogen and oxygen atoms in total. The Labute approximate surface area is 128 Å². The van der Waals surface area contributed by atoms with E-state index in [1.807, 2.05) is 36.4 Å². The molecular formula is C13H12FIN4O. The monoisotopic (exact) mass is 386 g/mol. The van der Waals surface area contributed by atoms with Crippen LogP contribution in [0.2, 0.25) is 0 Å². The van der Waals surface area contributed by atoms with E-state index in [1.54, 1.807) is 10.6 Å². The summed E-state index contributed by atoms with van der Waals surface area (Å²) >= 11 is 1.94. The van der Waals surface area contributed by atoms with Crippen LogP contribution < -0.4 is 5.73 Å². The highest BCUT2D eigenvalue weighted by Gasteiger charge is 2.15. The molecule has 0 aliphatic heterocycles. The molecule has 0 radical (unpaired) electrons. The van der Waals surface area contributed by atoms with E-state index < -0.39 is 0 Å². The van der Waals surface area contributed by atoms with Crippen molar-refractivity contribution in [2.24, 2.45) is 0 Å². The first-order chi connectivity index (χ1) is 9.47. The molecule has 0 saturated heterocycles. The van der Waals surface area contributed by atoms with Crippen LogP contribution in [-0.4, -0.2) is 14.7 Å². The van der Waals surface area contributed by atoms with Gasteiger partial charge in [-0.25, -0.2) is 9.37 Å². The molecule has 2 heterocycles. The van der Waals surface area contributed by atoms with Crippen LogP contribution in [0.3, 0.4) is 0 Å². The number of hydrogen-bond acceptors (Lipinski definition) is 4. The molecule has 3 aromatic rings. The number of anilines is 1. The zero-order valence-corrected chi connectivity index (χ0v) is 13.1. The second kappa shape index (κ2) is 4.72. The molecule has 1 aromatic carbocycles. The summed E-state index contributed by atoms with van der Waals surface area (Å²) in [6.07, 6.45) is 0. The van der Waals surface area contributed by atoms with Gasteiger partial charge in [-0.1, -0.05) is 5.16 Å². The van der Waals surface area contributed by atoms with Gasteiger partial charge in [-0.2, -0.15) is 0 Å². The number of fused-ring (bicyclic) bond motifs is 1. The first-order valence-corrected chi connectivity index (χ1v) is 7.07. The molecule has 0 bridgehead atoms. The van der Waals surface area contributed by atoms with Gasteiger partial charge in [-0.15, -0.1) is 0 Å². The highest BCUT2D eigenvalue weighted by molar-refractivity contribution is 14.1. The molecular weight excluding hydrogens is 374 g/mol. The smallest absolute Gasteiger partial charge is 0.201 e. The molecule has 0 aliphatic rings. The Morgan fingerprint density at radius 1 is 1.40 bits per heavy atom. The van der Waals surface area contributed by atoms with Crippen LogP contribution in [0.4, 0.5) is 10.3 Å². The fourth-order valence-corrected chi connectivity index (χ4v) is 2.64. The van der Waals surface area contributed by atoms with Crippen molar-refractivity contribution in [3.63, 3.8) is 0 Å². The van der Waals surface area contributed by atoms with Crippen molar-refractivity contribution in [3.8, 4) is 0 Å². The molecule has 0 saturated carbocycles. The molecule has 3 rings (SSSR count). The van der Waals surface area contributed by atoms with Crippen LogP contribution in [-0.2, 0) is 6.54 Å². The number of halogens is 2. The lowest BCUT2D eigenvalue weighted by molar-refractivity contribution is 0.392. The van der Waals surface area contributed by atoms with Gasteiger partial charge in [0.1, 0.15) is 11.6 Å². The fraction of sp³-hybridized carbons (Fsp3) is 0.231. The summed E-state index contributed by atoms with van der Waals surface area (Å²) in [5.74, 6) is 0.800. The van der Waals surface area contributed by atoms with Crippen LogP contribution in [0.25, 0.3) is 11.0 Å². The van der Waals surface area contributed by atoms with Crippen LogP contribution in [0.15, 0.2) is 16.7 Å². The number of nitrogens with two attached hydrogens (primary N) is 1. The summed E-state index contributed by atoms with van der Waals surface area (Å²) in [5.41, 5.74) is 9.03. The van der Waals surface area contributed by atoms with Gasteiger partial charge in [0.2, 0.25) is 5.95 Å². The summed E-state index contributed by atoms with van der Waals surface area (Å²) < 4.78 is 21.2. The normalized spacial score (nSPS) is 11.4. The third-order valence-corrected chi connectivity index (χ3v) is 4.14. The first-order valence-electron chi connectivity index (χ1n) is 6.00. The molecule has 0 aliphatic carbocycles. The molecule has 0 unspecified atom stereocenters. The highest BCUT2D eigenvalue weighted by atomic mass is 127. The van der Waals surface area contributed by atoms with Crippen LogP contribution in [0, 0.1) is 23.2 Å². The molecule has 0 fully saturated rings. The van der Waals surface area contributed by atoms with Gasteiger partial charge >= 0.3 is 0 Å². The largest absolute Gasteiger partial charge is 0.369 e. The SMILES string of the molecule is Cc1noc(C)c1Cn1c(N)nc2cc(I)c(F)cc21. The van der Waals surface area contributed by atoms with Crippen molar-refractivity contribution >= 4 is 39.6 Å². The van der Waals surface area contributed by atoms with Gasteiger partial charge < -0.3 is 14.8 Å². The van der Waals surface area contributed by atoms with Crippen molar-refractivity contribution in [1.29, 1.82) is 0 Å². The van der Waals surface area contributed by atoms with Gasteiger partial charge in [0, 0.05) is 11.6 Å². The zero-order chi connectivity index (χ0) is 14.4. The number of benzene rings is 1. The molecule has 20 heavy (non-hydrogen) atoms. The third kappa shape index (κ3) is 2.05. The Balaban J connectivity index is 2.16. The average Bonchev–Trinajstić information content (AvgIpc) is 2.85. The minimum Gasteiger partial charge on any atom is -0.369 e. The number of aryl methyl sites for hydroxylation is 2. The number of hydrogen-bond donors (Lipinski definition) is 1. The predicted molar refractivity (Wildman–Crippen MR) is 81.9 cm³/mol. The maximum atomic E-state index is 13.8. The zero-order valence-electron chi connectivity index (χ0n) is 10.9. The number of imidazole rings is 1. The molecule has 0 amide bonds. The highest BCUT2D eigenvalue weighted by Crippen LogP contribution is 2.25. The first kappa shape index (κ1) is 13.3. The molecule has 2 N–H and O–H groups in total. The summed E-state index contributed by atoms with van der Waals surface area (Å²) in [7, 11) is 0. The molecule has 7 heteroatoms. The Bertz CT molecular complexity index is 789. The van der Waals surface area contributed by atoms with Crippen molar-refractivity contribution in [1.82, 2.24) is 14.7 Å². The van der Waals surface area contributed by atoms with Crippen LogP contribution in [0.1, 0.15) is 17.0 Å². The minimum absolute atomic E-state index is 0.280. The number of nitrogen functional groups attached to an aromatic ring is 1. The Morgan fingerprint density at radius 2 is 2.15 bits per heavy atom. The number of rotatable bonds is 2. The topological polar surface area (TPSA) is 69.9 Å². The average molecular weight is 386 g/mol. The van der Waals surface area contributed by atoms with Crippen molar-refractivity contribution in [2.75, 3.05) is 5.73 Å². The third-order valence-electron chi connectivity index (χ3n) is 3.32. The number of aromatic nitrogens is 3. The minimum atomic E-state index is -0.280. The molecule has 104 valence electrons. The standard InChI is InChI=1S/C13H12FIN4O/c1-6-8(7(2)20-18-6)5-19-12-3-9(14)10(15)4-11(12)17-13(19)16/h3-4H,5H2,1-2H3,(H2,16,17). The Morgan fingerprint density at radius 3 is 2.80 bits per heavy atom. The molecule has 0 atom stereocenters. The van der Waals surface area contributed by atoms with Gasteiger partial charge in [0.15, 0.2) is 0 Å². The Kier molecular flexibility index (Phi) is 3.15. The van der Waals surface area contributed by atoms with E-state index in [4.69, 9.17) is 10.3 Å². The summed E-state index contributed by atoms with van der Waals surface area (Å²) in [4.78, 5) is 4.27.